The Labute approximate surface area is 155 Å². The lowest BCUT2D eigenvalue weighted by Gasteiger charge is -2.22. The molecule has 2 N–H and O–H groups in total. The third-order valence-electron chi connectivity index (χ3n) is 4.05. The standard InChI is InChI=1S/C20H26N2O3S/c1-13(2)19(20(23)21-17-11-15(4)10-16(5)12-17)22-26(24,25)18-8-6-14(3)7-9-18/h6-13,19,22H,1-5H3,(H,21,23)/t19-/m0/s1. The Kier molecular flexibility index (Phi) is 6.21. The van der Waals surface area contributed by atoms with E-state index in [0.717, 1.165) is 16.7 Å². The highest BCUT2D eigenvalue weighted by Gasteiger charge is 2.28. The fourth-order valence-corrected chi connectivity index (χ4v) is 4.06. The van der Waals surface area contributed by atoms with Crippen molar-refractivity contribution in [2.75, 3.05) is 5.32 Å². The van der Waals surface area contributed by atoms with Crippen molar-refractivity contribution in [2.45, 2.75) is 45.6 Å². The molecule has 0 bridgehead atoms. The summed E-state index contributed by atoms with van der Waals surface area (Å²) in [6, 6.07) is 11.4. The van der Waals surface area contributed by atoms with Crippen LogP contribution < -0.4 is 10.0 Å². The Hall–Kier alpha value is -2.18. The number of anilines is 1. The maximum absolute atomic E-state index is 12.7. The van der Waals surface area contributed by atoms with Gasteiger partial charge >= 0.3 is 0 Å². The highest BCUT2D eigenvalue weighted by atomic mass is 32.2. The first-order chi connectivity index (χ1) is 12.1. The Morgan fingerprint density at radius 2 is 1.42 bits per heavy atom. The highest BCUT2D eigenvalue weighted by molar-refractivity contribution is 7.89. The maximum Gasteiger partial charge on any atom is 0.242 e. The first kappa shape index (κ1) is 20.1. The number of amides is 1. The Morgan fingerprint density at radius 1 is 0.885 bits per heavy atom. The minimum Gasteiger partial charge on any atom is -0.325 e. The summed E-state index contributed by atoms with van der Waals surface area (Å²) >= 11 is 0. The number of hydrogen-bond acceptors (Lipinski definition) is 3. The molecular formula is C20H26N2O3S. The molecule has 1 atom stereocenters. The van der Waals surface area contributed by atoms with Crippen molar-refractivity contribution in [3.63, 3.8) is 0 Å². The average molecular weight is 375 g/mol. The van der Waals surface area contributed by atoms with E-state index >= 15 is 0 Å². The second-order valence-corrected chi connectivity index (χ2v) is 8.74. The molecule has 0 aromatic heterocycles. The van der Waals surface area contributed by atoms with Gasteiger partial charge in [0.2, 0.25) is 15.9 Å². The van der Waals surface area contributed by atoms with Gasteiger partial charge in [0.15, 0.2) is 0 Å². The molecule has 0 saturated heterocycles. The number of aryl methyl sites for hydroxylation is 3. The van der Waals surface area contributed by atoms with Crippen LogP contribution in [0.3, 0.4) is 0 Å². The first-order valence-corrected chi connectivity index (χ1v) is 10.0. The Morgan fingerprint density at radius 3 is 1.92 bits per heavy atom. The summed E-state index contributed by atoms with van der Waals surface area (Å²) in [5.41, 5.74) is 3.69. The van der Waals surface area contributed by atoms with Gasteiger partial charge in [-0.2, -0.15) is 4.72 Å². The van der Waals surface area contributed by atoms with Crippen molar-refractivity contribution in [1.82, 2.24) is 4.72 Å². The molecule has 0 fully saturated rings. The van der Waals surface area contributed by atoms with E-state index < -0.39 is 16.1 Å². The van der Waals surface area contributed by atoms with Gasteiger partial charge in [-0.05, 0) is 62.1 Å². The molecule has 0 aliphatic heterocycles. The second kappa shape index (κ2) is 8.01. The van der Waals surface area contributed by atoms with Crippen molar-refractivity contribution in [3.05, 3.63) is 59.2 Å². The van der Waals surface area contributed by atoms with Gasteiger partial charge < -0.3 is 5.32 Å². The van der Waals surface area contributed by atoms with Gasteiger partial charge in [0, 0.05) is 5.69 Å². The molecule has 2 aromatic carbocycles. The van der Waals surface area contributed by atoms with Crippen molar-refractivity contribution < 1.29 is 13.2 Å². The molecule has 0 saturated carbocycles. The van der Waals surface area contributed by atoms with Crippen molar-refractivity contribution >= 4 is 21.6 Å². The molecule has 6 heteroatoms. The summed E-state index contributed by atoms with van der Waals surface area (Å²) < 4.78 is 27.8. The number of carbonyl (C=O) groups excluding carboxylic acids is 1. The smallest absolute Gasteiger partial charge is 0.242 e. The van der Waals surface area contributed by atoms with Crippen LogP contribution in [0.2, 0.25) is 0 Å². The third-order valence-corrected chi connectivity index (χ3v) is 5.51. The fraction of sp³-hybridized carbons (Fsp3) is 0.350. The van der Waals surface area contributed by atoms with Crippen LogP contribution in [0.5, 0.6) is 0 Å². The Bertz CT molecular complexity index is 868. The van der Waals surface area contributed by atoms with Crippen LogP contribution in [0.15, 0.2) is 47.4 Å². The van der Waals surface area contributed by atoms with Crippen LogP contribution in [0.1, 0.15) is 30.5 Å². The zero-order chi connectivity index (χ0) is 19.5. The minimum atomic E-state index is -3.79. The summed E-state index contributed by atoms with van der Waals surface area (Å²) in [5.74, 6) is -0.582. The van der Waals surface area contributed by atoms with E-state index in [1.807, 2.05) is 52.8 Å². The Balaban J connectivity index is 2.22. The molecule has 5 nitrogen and oxygen atoms in total. The number of sulfonamides is 1. The molecule has 2 rings (SSSR count). The van der Waals surface area contributed by atoms with Gasteiger partial charge in [0.1, 0.15) is 6.04 Å². The van der Waals surface area contributed by atoms with E-state index in [2.05, 4.69) is 10.0 Å². The molecule has 2 aromatic rings. The average Bonchev–Trinajstić information content (AvgIpc) is 2.51. The predicted octanol–water partition coefficient (Wildman–Crippen LogP) is 3.55. The van der Waals surface area contributed by atoms with Gasteiger partial charge in [0.05, 0.1) is 4.90 Å². The maximum atomic E-state index is 12.7. The van der Waals surface area contributed by atoms with Gasteiger partial charge in [0.25, 0.3) is 0 Å². The summed E-state index contributed by atoms with van der Waals surface area (Å²) in [5, 5.41) is 2.82. The molecule has 0 spiro atoms. The fourth-order valence-electron chi connectivity index (χ4n) is 2.71. The summed E-state index contributed by atoms with van der Waals surface area (Å²) in [7, 11) is -3.79. The highest BCUT2D eigenvalue weighted by Crippen LogP contribution is 2.17. The number of benzene rings is 2. The number of carbonyl (C=O) groups is 1. The largest absolute Gasteiger partial charge is 0.325 e. The van der Waals surface area contributed by atoms with Crippen molar-refractivity contribution in [2.24, 2.45) is 5.92 Å². The van der Waals surface area contributed by atoms with Crippen LogP contribution >= 0.6 is 0 Å². The van der Waals surface area contributed by atoms with E-state index in [0.29, 0.717) is 5.69 Å². The van der Waals surface area contributed by atoms with Crippen LogP contribution in [0.4, 0.5) is 5.69 Å². The molecule has 0 aliphatic carbocycles. The van der Waals surface area contributed by atoms with Crippen LogP contribution in [-0.4, -0.2) is 20.4 Å². The van der Waals surface area contributed by atoms with Crippen LogP contribution in [0, 0.1) is 26.7 Å². The first-order valence-electron chi connectivity index (χ1n) is 8.56. The normalized spacial score (nSPS) is 12.8. The predicted molar refractivity (Wildman–Crippen MR) is 105 cm³/mol. The molecule has 0 unspecified atom stereocenters. The van der Waals surface area contributed by atoms with E-state index in [4.69, 9.17) is 0 Å². The lowest BCUT2D eigenvalue weighted by molar-refractivity contribution is -0.118. The SMILES string of the molecule is Cc1ccc(S(=O)(=O)N[C@H](C(=O)Nc2cc(C)cc(C)c2)C(C)C)cc1. The molecule has 140 valence electrons. The van der Waals surface area contributed by atoms with Gasteiger partial charge in [-0.1, -0.05) is 37.6 Å². The number of nitrogens with one attached hydrogen (secondary N) is 2. The van der Waals surface area contributed by atoms with E-state index in [1.165, 1.54) is 12.1 Å². The number of rotatable bonds is 6. The van der Waals surface area contributed by atoms with Gasteiger partial charge in [-0.15, -0.1) is 0 Å². The topological polar surface area (TPSA) is 75.3 Å². The zero-order valence-electron chi connectivity index (χ0n) is 15.8. The number of hydrogen-bond donors (Lipinski definition) is 2. The molecule has 1 amide bonds. The molecular weight excluding hydrogens is 348 g/mol. The third kappa shape index (κ3) is 5.16. The van der Waals surface area contributed by atoms with Gasteiger partial charge in [-0.25, -0.2) is 8.42 Å². The molecule has 0 heterocycles. The zero-order valence-corrected chi connectivity index (χ0v) is 16.6. The molecule has 0 radical (unpaired) electrons. The lowest BCUT2D eigenvalue weighted by Crippen LogP contribution is -2.47. The van der Waals surface area contributed by atoms with Crippen molar-refractivity contribution in [1.29, 1.82) is 0 Å². The summed E-state index contributed by atoms with van der Waals surface area (Å²) in [4.78, 5) is 12.8. The second-order valence-electron chi connectivity index (χ2n) is 7.02. The van der Waals surface area contributed by atoms with E-state index in [-0.39, 0.29) is 16.7 Å². The summed E-state index contributed by atoms with van der Waals surface area (Å²) in [6.07, 6.45) is 0. The van der Waals surface area contributed by atoms with Crippen LogP contribution in [0.25, 0.3) is 0 Å². The lowest BCUT2D eigenvalue weighted by atomic mass is 10.0. The monoisotopic (exact) mass is 374 g/mol. The van der Waals surface area contributed by atoms with Gasteiger partial charge in [-0.3, -0.25) is 4.79 Å². The van der Waals surface area contributed by atoms with E-state index in [9.17, 15) is 13.2 Å². The molecule has 26 heavy (non-hydrogen) atoms. The summed E-state index contributed by atoms with van der Waals surface area (Å²) in [6.45, 7) is 9.40. The van der Waals surface area contributed by atoms with E-state index in [1.54, 1.807) is 12.1 Å². The van der Waals surface area contributed by atoms with Crippen molar-refractivity contribution in [3.8, 4) is 0 Å². The quantitative estimate of drug-likeness (QED) is 0.812. The molecule has 0 aliphatic rings. The minimum absolute atomic E-state index is 0.146. The van der Waals surface area contributed by atoms with Crippen LogP contribution in [-0.2, 0) is 14.8 Å².